The molecule has 0 heterocycles. The molecule has 0 aliphatic rings. The van der Waals surface area contributed by atoms with Gasteiger partial charge in [-0.3, -0.25) is 10.1 Å². The van der Waals surface area contributed by atoms with E-state index in [9.17, 15) is 4.79 Å². The highest BCUT2D eigenvalue weighted by Gasteiger charge is 2.03. The molecule has 0 radical (unpaired) electrons. The number of nitrogens with one attached hydrogen (secondary N) is 2. The number of hydrogen-bond acceptors (Lipinski definition) is 3. The summed E-state index contributed by atoms with van der Waals surface area (Å²) in [4.78, 5) is 12.0. The molecule has 0 atom stereocenters. The van der Waals surface area contributed by atoms with Gasteiger partial charge in [-0.15, -0.1) is 0 Å². The predicted molar refractivity (Wildman–Crippen MR) is 122 cm³/mol. The second-order valence-corrected chi connectivity index (χ2v) is 6.71. The zero-order valence-electron chi connectivity index (χ0n) is 15.9. The van der Waals surface area contributed by atoms with E-state index < -0.39 is 0 Å². The van der Waals surface area contributed by atoms with Gasteiger partial charge in [0, 0.05) is 24.3 Å². The summed E-state index contributed by atoms with van der Waals surface area (Å²) in [6, 6.07) is 27.3. The number of rotatable bonds is 7. The fourth-order valence-electron chi connectivity index (χ4n) is 2.65. The molecule has 0 unspecified atom stereocenters. The van der Waals surface area contributed by atoms with E-state index >= 15 is 0 Å². The third-order valence-electron chi connectivity index (χ3n) is 4.06. The Kier molecular flexibility index (Phi) is 7.55. The highest BCUT2D eigenvalue weighted by atomic mass is 32.1. The topological polar surface area (TPSA) is 50.4 Å². The van der Waals surface area contributed by atoms with Crippen molar-refractivity contribution in [1.82, 2.24) is 5.32 Å². The van der Waals surface area contributed by atoms with Crippen molar-refractivity contribution in [3.63, 3.8) is 0 Å². The van der Waals surface area contributed by atoms with Crippen LogP contribution in [-0.4, -0.2) is 17.6 Å². The molecular formula is C24H22N2O2S. The number of carbonyl (C=O) groups is 1. The van der Waals surface area contributed by atoms with Crippen LogP contribution in [-0.2, 0) is 11.2 Å². The summed E-state index contributed by atoms with van der Waals surface area (Å²) >= 11 is 5.22. The largest absolute Gasteiger partial charge is 0.493 e. The minimum Gasteiger partial charge on any atom is -0.493 e. The molecule has 0 saturated heterocycles. The normalized spacial score (nSPS) is 10.5. The van der Waals surface area contributed by atoms with E-state index in [1.807, 2.05) is 72.8 Å². The van der Waals surface area contributed by atoms with Gasteiger partial charge in [0.1, 0.15) is 5.75 Å². The first-order valence-corrected chi connectivity index (χ1v) is 9.72. The van der Waals surface area contributed by atoms with Crippen molar-refractivity contribution in [2.75, 3.05) is 11.9 Å². The first-order chi connectivity index (χ1) is 14.2. The first kappa shape index (κ1) is 20.3. The van der Waals surface area contributed by atoms with Gasteiger partial charge in [0.05, 0.1) is 6.61 Å². The molecule has 146 valence electrons. The van der Waals surface area contributed by atoms with Crippen LogP contribution in [0.25, 0.3) is 6.08 Å². The molecule has 0 fully saturated rings. The number of anilines is 1. The molecule has 3 aromatic rings. The van der Waals surface area contributed by atoms with Crippen LogP contribution in [0.3, 0.4) is 0 Å². The molecule has 1 amide bonds. The Morgan fingerprint density at radius 1 is 0.931 bits per heavy atom. The fraction of sp³-hybridized carbons (Fsp3) is 0.0833. The Bertz CT molecular complexity index is 972. The Hall–Kier alpha value is -3.44. The van der Waals surface area contributed by atoms with Gasteiger partial charge in [0.2, 0.25) is 5.91 Å². The van der Waals surface area contributed by atoms with Gasteiger partial charge in [-0.05, 0) is 41.6 Å². The Balaban J connectivity index is 1.47. The standard InChI is InChI=1S/C24H22N2O2S/c27-23(15-14-19-8-3-1-4-9-19)26-24(29)25-21-12-7-13-22(18-21)28-17-16-20-10-5-2-6-11-20/h1-15,18H,16-17H2,(H2,25,26,27,29)/b15-14+. The third-order valence-corrected chi connectivity index (χ3v) is 4.26. The van der Waals surface area contributed by atoms with Crippen LogP contribution in [0.5, 0.6) is 5.75 Å². The van der Waals surface area contributed by atoms with Crippen LogP contribution in [0.1, 0.15) is 11.1 Å². The van der Waals surface area contributed by atoms with Crippen molar-refractivity contribution >= 4 is 35.0 Å². The van der Waals surface area contributed by atoms with Crippen LogP contribution in [0.2, 0.25) is 0 Å². The Morgan fingerprint density at radius 2 is 1.66 bits per heavy atom. The maximum Gasteiger partial charge on any atom is 0.250 e. The molecule has 0 aliphatic heterocycles. The number of benzene rings is 3. The number of amides is 1. The van der Waals surface area contributed by atoms with Crippen molar-refractivity contribution < 1.29 is 9.53 Å². The molecule has 4 nitrogen and oxygen atoms in total. The lowest BCUT2D eigenvalue weighted by Gasteiger charge is -2.11. The first-order valence-electron chi connectivity index (χ1n) is 9.31. The maximum absolute atomic E-state index is 12.0. The maximum atomic E-state index is 12.0. The quantitative estimate of drug-likeness (QED) is 0.439. The van der Waals surface area contributed by atoms with E-state index in [4.69, 9.17) is 17.0 Å². The number of ether oxygens (including phenoxy) is 1. The SMILES string of the molecule is O=C(/C=C/c1ccccc1)NC(=S)Nc1cccc(OCCc2ccccc2)c1. The zero-order valence-corrected chi connectivity index (χ0v) is 16.7. The number of hydrogen-bond donors (Lipinski definition) is 2. The summed E-state index contributed by atoms with van der Waals surface area (Å²) in [5, 5.41) is 5.87. The molecule has 0 aliphatic carbocycles. The molecule has 3 rings (SSSR count). The molecule has 0 aromatic heterocycles. The van der Waals surface area contributed by atoms with Crippen LogP contribution >= 0.6 is 12.2 Å². The van der Waals surface area contributed by atoms with Crippen molar-refractivity contribution in [3.8, 4) is 5.75 Å². The highest BCUT2D eigenvalue weighted by molar-refractivity contribution is 7.80. The average molecular weight is 403 g/mol. The van der Waals surface area contributed by atoms with Crippen LogP contribution < -0.4 is 15.4 Å². The smallest absolute Gasteiger partial charge is 0.250 e. The van der Waals surface area contributed by atoms with Gasteiger partial charge in [-0.25, -0.2) is 0 Å². The summed E-state index contributed by atoms with van der Waals surface area (Å²) in [5.74, 6) is 0.450. The monoisotopic (exact) mass is 402 g/mol. The molecule has 5 heteroatoms. The molecule has 3 aromatic carbocycles. The molecule has 29 heavy (non-hydrogen) atoms. The molecule has 2 N–H and O–H groups in total. The van der Waals surface area contributed by atoms with Crippen molar-refractivity contribution in [2.24, 2.45) is 0 Å². The van der Waals surface area contributed by atoms with E-state index in [0.717, 1.165) is 23.4 Å². The van der Waals surface area contributed by atoms with Crippen LogP contribution in [0.15, 0.2) is 91.0 Å². The highest BCUT2D eigenvalue weighted by Crippen LogP contribution is 2.17. The summed E-state index contributed by atoms with van der Waals surface area (Å²) in [6.07, 6.45) is 4.02. The minimum atomic E-state index is -0.290. The van der Waals surface area contributed by atoms with Crippen molar-refractivity contribution in [3.05, 3.63) is 102 Å². The van der Waals surface area contributed by atoms with Gasteiger partial charge >= 0.3 is 0 Å². The van der Waals surface area contributed by atoms with Crippen molar-refractivity contribution in [2.45, 2.75) is 6.42 Å². The molecule has 0 saturated carbocycles. The van der Waals surface area contributed by atoms with Crippen LogP contribution in [0, 0.1) is 0 Å². The van der Waals surface area contributed by atoms with Gasteiger partial charge in [0.15, 0.2) is 5.11 Å². The Morgan fingerprint density at radius 3 is 2.41 bits per heavy atom. The van der Waals surface area contributed by atoms with E-state index in [0.29, 0.717) is 6.61 Å². The minimum absolute atomic E-state index is 0.231. The number of carbonyl (C=O) groups excluding carboxylic acids is 1. The summed E-state index contributed by atoms with van der Waals surface area (Å²) in [5.41, 5.74) is 2.93. The van der Waals surface area contributed by atoms with Gasteiger partial charge in [0.25, 0.3) is 0 Å². The lowest BCUT2D eigenvalue weighted by Crippen LogP contribution is -2.32. The summed E-state index contributed by atoms with van der Waals surface area (Å²) < 4.78 is 5.82. The zero-order chi connectivity index (χ0) is 20.3. The van der Waals surface area contributed by atoms with Gasteiger partial charge < -0.3 is 10.1 Å². The van der Waals surface area contributed by atoms with E-state index in [-0.39, 0.29) is 11.0 Å². The van der Waals surface area contributed by atoms with E-state index in [1.165, 1.54) is 11.6 Å². The van der Waals surface area contributed by atoms with Gasteiger partial charge in [-0.1, -0.05) is 66.7 Å². The Labute approximate surface area is 176 Å². The van der Waals surface area contributed by atoms with E-state index in [1.54, 1.807) is 6.08 Å². The molecule has 0 bridgehead atoms. The second-order valence-electron chi connectivity index (χ2n) is 6.30. The lowest BCUT2D eigenvalue weighted by molar-refractivity contribution is -0.115. The fourth-order valence-corrected chi connectivity index (χ4v) is 2.87. The summed E-state index contributed by atoms with van der Waals surface area (Å²) in [7, 11) is 0. The predicted octanol–water partition coefficient (Wildman–Crippen LogP) is 4.83. The second kappa shape index (κ2) is 10.8. The lowest BCUT2D eigenvalue weighted by atomic mass is 10.2. The summed E-state index contributed by atoms with van der Waals surface area (Å²) in [6.45, 7) is 0.582. The molecular weight excluding hydrogens is 380 g/mol. The van der Waals surface area contributed by atoms with Crippen molar-refractivity contribution in [1.29, 1.82) is 0 Å². The van der Waals surface area contributed by atoms with Gasteiger partial charge in [-0.2, -0.15) is 0 Å². The van der Waals surface area contributed by atoms with E-state index in [2.05, 4.69) is 22.8 Å². The number of thiocarbonyl (C=S) groups is 1. The molecule has 0 spiro atoms. The third kappa shape index (κ3) is 7.24. The van der Waals surface area contributed by atoms with Crippen LogP contribution in [0.4, 0.5) is 5.69 Å². The average Bonchev–Trinajstić information content (AvgIpc) is 2.74.